The third-order valence-electron chi connectivity index (χ3n) is 11.1. The first-order chi connectivity index (χ1) is 15.1. The number of hydrogen-bond donors (Lipinski definition) is 2. The summed E-state index contributed by atoms with van der Waals surface area (Å²) < 4.78 is 0. The second-order valence-electron chi connectivity index (χ2n) is 14.2. The molecule has 34 heavy (non-hydrogen) atoms. The predicted octanol–water partition coefficient (Wildman–Crippen LogP) is -5.35. The number of allylic oxidation sites excluding steroid dienone is 3. The Labute approximate surface area is 219 Å². The van der Waals surface area contributed by atoms with E-state index in [9.17, 15) is 10.2 Å². The minimum atomic E-state index is -0.307. The van der Waals surface area contributed by atoms with E-state index in [4.69, 9.17) is 0 Å². The topological polar surface area (TPSA) is 40.5 Å². The van der Waals surface area contributed by atoms with E-state index in [1.807, 2.05) is 12.1 Å². The van der Waals surface area contributed by atoms with Crippen molar-refractivity contribution in [2.24, 2.45) is 5.92 Å². The Morgan fingerprint density at radius 3 is 1.74 bits per heavy atom. The summed E-state index contributed by atoms with van der Waals surface area (Å²) in [5, 5.41) is 22.3. The summed E-state index contributed by atoms with van der Waals surface area (Å²) in [6.45, 7) is 8.39. The molecule has 0 saturated heterocycles. The minimum Gasteiger partial charge on any atom is -0.507 e. The largest absolute Gasteiger partial charge is 0.507 e. The highest BCUT2D eigenvalue weighted by atomic mass is 16.3. The zero-order valence-corrected chi connectivity index (χ0v) is 24.4. The lowest BCUT2D eigenvalue weighted by atomic mass is 9.05. The molecule has 170 valence electrons. The van der Waals surface area contributed by atoms with Gasteiger partial charge in [-0.05, 0) is 44.7 Å². The molecule has 0 saturated carbocycles. The summed E-state index contributed by atoms with van der Waals surface area (Å²) in [5.41, 5.74) is 4.01. The van der Waals surface area contributed by atoms with Gasteiger partial charge in [-0.3, -0.25) is 0 Å². The fourth-order valence-corrected chi connectivity index (χ4v) is 6.09. The average molecular weight is 444 g/mol. The molecular formula is C21H41B11O2. The number of phenolic OH excluding ortho intramolecular Hbond substituents is 2. The number of phenols is 2. The summed E-state index contributed by atoms with van der Waals surface area (Å²) in [7, 11) is 25.6. The number of aromatic hydroxyl groups is 2. The number of rotatable bonds is 7. The molecule has 0 amide bonds. The van der Waals surface area contributed by atoms with E-state index in [1.165, 1.54) is 5.57 Å². The summed E-state index contributed by atoms with van der Waals surface area (Å²) in [6, 6.07) is 3.81. The zero-order valence-electron chi connectivity index (χ0n) is 24.4. The van der Waals surface area contributed by atoms with Gasteiger partial charge in [-0.15, -0.1) is 15.5 Å². The Hall–Kier alpha value is -0.986. The maximum Gasteiger partial charge on any atom is 0.123 e. The fraction of sp³-hybridized carbons (Fsp3) is 0.524. The van der Waals surface area contributed by atoms with E-state index in [2.05, 4.69) is 113 Å². The average Bonchev–Trinajstić information content (AvgIpc) is 2.65. The van der Waals surface area contributed by atoms with Crippen LogP contribution in [-0.2, 0) is 5.21 Å². The van der Waals surface area contributed by atoms with Gasteiger partial charge in [0, 0.05) is 11.5 Å². The second-order valence-corrected chi connectivity index (χ2v) is 14.2. The zero-order chi connectivity index (χ0) is 26.7. The summed E-state index contributed by atoms with van der Waals surface area (Å²) >= 11 is 0. The fourth-order valence-electron chi connectivity index (χ4n) is 6.09. The van der Waals surface area contributed by atoms with E-state index < -0.39 is 0 Å². The first-order valence-corrected chi connectivity index (χ1v) is 13.0. The molecule has 2 nitrogen and oxygen atoms in total. The van der Waals surface area contributed by atoms with Crippen LogP contribution in [0, 0.1) is 5.92 Å². The monoisotopic (exact) mass is 446 g/mol. The summed E-state index contributed by atoms with van der Waals surface area (Å²) in [5.74, 6) is 0.554. The molecule has 13 heteroatoms. The number of hydrogen-bond acceptors (Lipinski definition) is 2. The van der Waals surface area contributed by atoms with Crippen molar-refractivity contribution in [1.29, 1.82) is 0 Å². The van der Waals surface area contributed by atoms with Gasteiger partial charge in [0.15, 0.2) is 0 Å². The predicted molar refractivity (Wildman–Crippen MR) is 180 cm³/mol. The van der Waals surface area contributed by atoms with Gasteiger partial charge < -0.3 is 10.2 Å². The molecule has 0 aliphatic heterocycles. The van der Waals surface area contributed by atoms with Gasteiger partial charge in [0.2, 0.25) is 0 Å². The quantitative estimate of drug-likeness (QED) is 0.326. The van der Waals surface area contributed by atoms with E-state index in [-0.39, 0.29) is 49.3 Å². The molecule has 1 aliphatic rings. The van der Waals surface area contributed by atoms with Crippen molar-refractivity contribution in [3.05, 3.63) is 47.1 Å². The third kappa shape index (κ3) is 4.59. The van der Waals surface area contributed by atoms with Crippen molar-refractivity contribution in [2.45, 2.75) is 58.6 Å². The van der Waals surface area contributed by atoms with Crippen molar-refractivity contribution in [3.8, 4) is 11.5 Å². The number of benzene rings is 1. The first kappa shape index (κ1) is 29.2. The smallest absolute Gasteiger partial charge is 0.123 e. The van der Waals surface area contributed by atoms with Gasteiger partial charge >= 0.3 is 0 Å². The second kappa shape index (κ2) is 9.15. The molecular weight excluding hydrogens is 403 g/mol. The summed E-state index contributed by atoms with van der Waals surface area (Å²) in [4.78, 5) is 0. The van der Waals surface area contributed by atoms with E-state index in [0.29, 0.717) is 5.56 Å². The van der Waals surface area contributed by atoms with Crippen LogP contribution >= 0.6 is 0 Å². The Morgan fingerprint density at radius 1 is 0.853 bits per heavy atom. The van der Waals surface area contributed by atoms with Crippen LogP contribution in [0.5, 0.6) is 11.5 Å². The van der Waals surface area contributed by atoms with Crippen LogP contribution in [-0.4, -0.2) is 96.5 Å². The van der Waals surface area contributed by atoms with E-state index in [0.717, 1.165) is 24.0 Å². The molecule has 0 radical (unpaired) electrons. The molecule has 0 aromatic heterocycles. The Morgan fingerprint density at radius 2 is 1.32 bits per heavy atom. The maximum absolute atomic E-state index is 11.3. The van der Waals surface area contributed by atoms with Crippen molar-refractivity contribution in [3.63, 3.8) is 0 Å². The standard InChI is InChI=1S/C21H41B11O2/c1-9(2)12-5-4-10(3)6-13(12)16-14(33)7-11(8-15(16)34)17(22,23)18(24,25)19(26,27)20(28,29)21(30,31)32/h6-8,12-13,33-34H,1,4-5,22-32H2,2-3H3. The molecule has 2 N–H and O–H groups in total. The van der Waals surface area contributed by atoms with Crippen molar-refractivity contribution >= 4 is 86.3 Å². The Bertz CT molecular complexity index is 970. The van der Waals surface area contributed by atoms with Crippen LogP contribution < -0.4 is 0 Å². The van der Waals surface area contributed by atoms with Crippen LogP contribution in [0.2, 0.25) is 20.8 Å². The lowest BCUT2D eigenvalue weighted by Crippen LogP contribution is -2.57. The highest BCUT2D eigenvalue weighted by Crippen LogP contribution is 2.67. The molecule has 0 spiro atoms. The van der Waals surface area contributed by atoms with Gasteiger partial charge in [0.25, 0.3) is 0 Å². The molecule has 0 heterocycles. The third-order valence-corrected chi connectivity index (χ3v) is 11.1. The Balaban J connectivity index is 2.64. The lowest BCUT2D eigenvalue weighted by Gasteiger charge is -2.65. The molecule has 2 rings (SSSR count). The highest BCUT2D eigenvalue weighted by molar-refractivity contribution is 6.73. The lowest BCUT2D eigenvalue weighted by molar-refractivity contribution is 0.404. The van der Waals surface area contributed by atoms with Crippen LogP contribution in [0.3, 0.4) is 0 Å². The maximum atomic E-state index is 11.3. The van der Waals surface area contributed by atoms with Crippen LogP contribution in [0.1, 0.15) is 43.7 Å². The van der Waals surface area contributed by atoms with E-state index in [1.54, 1.807) is 0 Å². The highest BCUT2D eigenvalue weighted by Gasteiger charge is 2.56. The van der Waals surface area contributed by atoms with Crippen molar-refractivity contribution < 1.29 is 10.2 Å². The van der Waals surface area contributed by atoms with Gasteiger partial charge in [-0.25, -0.2) is 0 Å². The van der Waals surface area contributed by atoms with Gasteiger partial charge in [0.05, 0.1) is 70.6 Å². The van der Waals surface area contributed by atoms with Gasteiger partial charge in [0.1, 0.15) is 27.2 Å². The van der Waals surface area contributed by atoms with Gasteiger partial charge in [-0.2, -0.15) is 0 Å². The van der Waals surface area contributed by atoms with E-state index >= 15 is 0 Å². The van der Waals surface area contributed by atoms with Crippen molar-refractivity contribution in [2.75, 3.05) is 0 Å². The van der Waals surface area contributed by atoms with Gasteiger partial charge in [-0.1, -0.05) is 39.8 Å². The van der Waals surface area contributed by atoms with Crippen LogP contribution in [0.25, 0.3) is 0 Å². The molecule has 2 atom stereocenters. The molecule has 0 bridgehead atoms. The molecule has 2 unspecified atom stereocenters. The normalized spacial score (nSPS) is 20.5. The van der Waals surface area contributed by atoms with Crippen molar-refractivity contribution in [1.82, 2.24) is 0 Å². The first-order valence-electron chi connectivity index (χ1n) is 13.0. The molecule has 0 fully saturated rings. The minimum absolute atomic E-state index is 0.0317. The van der Waals surface area contributed by atoms with Crippen LogP contribution in [0.15, 0.2) is 35.9 Å². The molecule has 1 aromatic rings. The SMILES string of the molecule is BC(B)(B)C(B)(B)C(B)(B)C(B)(B)C(B)(B)c1cc(O)c(C2C=C(C)CCC2C(=C)C)c(O)c1. The van der Waals surface area contributed by atoms with Crippen LogP contribution in [0.4, 0.5) is 0 Å². The molecule has 1 aliphatic carbocycles. The molecule has 1 aromatic carbocycles. The summed E-state index contributed by atoms with van der Waals surface area (Å²) in [6.07, 6.45) is 4.24. The Kier molecular flexibility index (Phi) is 7.87.